The largest absolute Gasteiger partial charge is 0.373 e. The second-order valence-electron chi connectivity index (χ2n) is 6.02. The Kier molecular flexibility index (Phi) is 6.59. The van der Waals surface area contributed by atoms with Crippen molar-refractivity contribution in [2.75, 3.05) is 39.1 Å². The highest BCUT2D eigenvalue weighted by atomic mass is 35.5. The number of anilines is 1. The van der Waals surface area contributed by atoms with Gasteiger partial charge in [-0.2, -0.15) is 0 Å². The van der Waals surface area contributed by atoms with E-state index in [1.54, 1.807) is 30.3 Å². The Labute approximate surface area is 149 Å². The second-order valence-corrected chi connectivity index (χ2v) is 6.46. The van der Waals surface area contributed by atoms with E-state index in [2.05, 4.69) is 43.1 Å². The molecule has 24 heavy (non-hydrogen) atoms. The minimum Gasteiger partial charge on any atom is -0.373 e. The first-order chi connectivity index (χ1) is 11.5. The highest BCUT2D eigenvalue weighted by molar-refractivity contribution is 6.31. The minimum atomic E-state index is -0.0512. The first-order valence-electron chi connectivity index (χ1n) is 7.89. The van der Waals surface area contributed by atoms with Crippen LogP contribution in [0, 0.1) is 0 Å². The molecule has 126 valence electrons. The monoisotopic (exact) mass is 342 g/mol. The van der Waals surface area contributed by atoms with E-state index >= 15 is 0 Å². The fourth-order valence-electron chi connectivity index (χ4n) is 2.23. The molecule has 4 heteroatoms. The molecule has 2 aromatic rings. The van der Waals surface area contributed by atoms with Crippen molar-refractivity contribution in [3.8, 4) is 0 Å². The van der Waals surface area contributed by atoms with E-state index in [0.717, 1.165) is 24.3 Å². The first kappa shape index (κ1) is 18.2. The number of hydrogen-bond acceptors (Lipinski definition) is 3. The molecular formula is C20H23ClN2O. The topological polar surface area (TPSA) is 23.6 Å². The normalized spacial score (nSPS) is 11.2. The minimum absolute atomic E-state index is 0.0512. The van der Waals surface area contributed by atoms with Crippen molar-refractivity contribution in [2.24, 2.45) is 0 Å². The van der Waals surface area contributed by atoms with E-state index in [-0.39, 0.29) is 5.78 Å². The molecule has 2 rings (SSSR count). The van der Waals surface area contributed by atoms with Crippen molar-refractivity contribution >= 4 is 29.1 Å². The quantitative estimate of drug-likeness (QED) is 0.555. The van der Waals surface area contributed by atoms with E-state index in [4.69, 9.17) is 11.6 Å². The molecule has 0 saturated heterocycles. The Balaban J connectivity index is 1.99. The molecule has 0 atom stereocenters. The summed E-state index contributed by atoms with van der Waals surface area (Å²) in [6.45, 7) is 1.97. The van der Waals surface area contributed by atoms with Crippen LogP contribution in [0.5, 0.6) is 0 Å². The third kappa shape index (κ3) is 5.52. The van der Waals surface area contributed by atoms with Crippen LogP contribution in [0.3, 0.4) is 0 Å². The molecule has 0 spiro atoms. The maximum Gasteiger partial charge on any atom is 0.185 e. The first-order valence-corrected chi connectivity index (χ1v) is 8.27. The number of hydrogen-bond donors (Lipinski definition) is 0. The summed E-state index contributed by atoms with van der Waals surface area (Å²) in [5.41, 5.74) is 2.75. The number of likely N-dealkylation sites (N-methyl/N-ethyl adjacent to an activating group) is 2. The van der Waals surface area contributed by atoms with E-state index in [0.29, 0.717) is 10.6 Å². The van der Waals surface area contributed by atoms with Gasteiger partial charge in [-0.3, -0.25) is 4.79 Å². The Bertz CT molecular complexity index is 708. The number of rotatable bonds is 7. The predicted octanol–water partition coefficient (Wildman–Crippen LogP) is 4.23. The summed E-state index contributed by atoms with van der Waals surface area (Å²) >= 11 is 5.91. The Morgan fingerprint density at radius 2 is 1.75 bits per heavy atom. The summed E-state index contributed by atoms with van der Waals surface area (Å²) in [6.07, 6.45) is 3.41. The van der Waals surface area contributed by atoms with Gasteiger partial charge in [0.05, 0.1) is 0 Å². The van der Waals surface area contributed by atoms with Crippen LogP contribution in [0.1, 0.15) is 15.9 Å². The number of carbonyl (C=O) groups excluding carboxylic acids is 1. The summed E-state index contributed by atoms with van der Waals surface area (Å²) in [7, 11) is 6.22. The van der Waals surface area contributed by atoms with Crippen molar-refractivity contribution in [3.63, 3.8) is 0 Å². The van der Waals surface area contributed by atoms with Crippen molar-refractivity contribution in [3.05, 3.63) is 70.8 Å². The van der Waals surface area contributed by atoms with Crippen molar-refractivity contribution in [2.45, 2.75) is 0 Å². The van der Waals surface area contributed by atoms with E-state index in [1.807, 2.05) is 18.2 Å². The number of halogens is 1. The standard InChI is InChI=1S/C20H23ClN2O/c1-22(2)13-14-23(3)19-10-7-16(8-11-19)9-12-20(24)17-5-4-6-18(21)15-17/h4-12,15H,13-14H2,1-3H3. The second kappa shape index (κ2) is 8.67. The highest BCUT2D eigenvalue weighted by Crippen LogP contribution is 2.16. The molecule has 0 saturated carbocycles. The van der Waals surface area contributed by atoms with Crippen LogP contribution in [0.15, 0.2) is 54.6 Å². The molecule has 0 aliphatic heterocycles. The molecule has 0 fully saturated rings. The maximum absolute atomic E-state index is 12.1. The number of nitrogens with zero attached hydrogens (tertiary/aromatic N) is 2. The average molecular weight is 343 g/mol. The lowest BCUT2D eigenvalue weighted by atomic mass is 10.1. The smallest absolute Gasteiger partial charge is 0.185 e. The molecule has 0 aliphatic rings. The zero-order valence-electron chi connectivity index (χ0n) is 14.4. The van der Waals surface area contributed by atoms with Crippen LogP contribution in [0.4, 0.5) is 5.69 Å². The van der Waals surface area contributed by atoms with Gasteiger partial charge in [-0.25, -0.2) is 0 Å². The van der Waals surface area contributed by atoms with Gasteiger partial charge in [-0.15, -0.1) is 0 Å². The third-order valence-corrected chi connectivity index (χ3v) is 3.99. The summed E-state index contributed by atoms with van der Waals surface area (Å²) in [5, 5.41) is 0.569. The van der Waals surface area contributed by atoms with E-state index in [9.17, 15) is 4.79 Å². The van der Waals surface area contributed by atoms with Crippen LogP contribution >= 0.6 is 11.6 Å². The predicted molar refractivity (Wildman–Crippen MR) is 103 cm³/mol. The molecule has 0 radical (unpaired) electrons. The Morgan fingerprint density at radius 3 is 2.38 bits per heavy atom. The van der Waals surface area contributed by atoms with Gasteiger partial charge in [0.15, 0.2) is 5.78 Å². The zero-order valence-corrected chi connectivity index (χ0v) is 15.1. The number of ketones is 1. The molecule has 0 amide bonds. The number of benzene rings is 2. The SMILES string of the molecule is CN(C)CCN(C)c1ccc(C=CC(=O)c2cccc(Cl)c2)cc1. The molecule has 0 N–H and O–H groups in total. The van der Waals surface area contributed by atoms with E-state index in [1.165, 1.54) is 0 Å². The third-order valence-electron chi connectivity index (χ3n) is 3.75. The Hall–Kier alpha value is -2.10. The molecule has 0 aromatic heterocycles. The van der Waals surface area contributed by atoms with Gasteiger partial charge < -0.3 is 9.80 Å². The van der Waals surface area contributed by atoms with Crippen LogP contribution in [0.2, 0.25) is 5.02 Å². The van der Waals surface area contributed by atoms with Gasteiger partial charge in [0.1, 0.15) is 0 Å². The van der Waals surface area contributed by atoms with Gasteiger partial charge in [0, 0.05) is 36.4 Å². The number of allylic oxidation sites excluding steroid dienone is 1. The number of carbonyl (C=O) groups is 1. The lowest BCUT2D eigenvalue weighted by Crippen LogP contribution is -2.28. The highest BCUT2D eigenvalue weighted by Gasteiger charge is 2.03. The molecular weight excluding hydrogens is 320 g/mol. The van der Waals surface area contributed by atoms with Crippen LogP contribution in [-0.2, 0) is 0 Å². The van der Waals surface area contributed by atoms with Gasteiger partial charge in [-0.05, 0) is 50.0 Å². The summed E-state index contributed by atoms with van der Waals surface area (Å²) in [5.74, 6) is -0.0512. The van der Waals surface area contributed by atoms with Crippen molar-refractivity contribution in [1.29, 1.82) is 0 Å². The fraction of sp³-hybridized carbons (Fsp3) is 0.250. The van der Waals surface area contributed by atoms with Gasteiger partial charge in [0.25, 0.3) is 0 Å². The lowest BCUT2D eigenvalue weighted by molar-refractivity contribution is 0.104. The zero-order chi connectivity index (χ0) is 17.5. The van der Waals surface area contributed by atoms with Crippen LogP contribution in [0.25, 0.3) is 6.08 Å². The maximum atomic E-state index is 12.1. The fourth-order valence-corrected chi connectivity index (χ4v) is 2.42. The molecule has 0 bridgehead atoms. The molecule has 3 nitrogen and oxygen atoms in total. The van der Waals surface area contributed by atoms with Crippen molar-refractivity contribution < 1.29 is 4.79 Å². The average Bonchev–Trinajstić information content (AvgIpc) is 2.58. The van der Waals surface area contributed by atoms with Gasteiger partial charge in [0.2, 0.25) is 0 Å². The van der Waals surface area contributed by atoms with E-state index < -0.39 is 0 Å². The van der Waals surface area contributed by atoms with Gasteiger partial charge in [-0.1, -0.05) is 41.9 Å². The van der Waals surface area contributed by atoms with Crippen LogP contribution in [-0.4, -0.2) is 44.9 Å². The van der Waals surface area contributed by atoms with Gasteiger partial charge >= 0.3 is 0 Å². The summed E-state index contributed by atoms with van der Waals surface area (Å²) in [6, 6.07) is 15.2. The Morgan fingerprint density at radius 1 is 1.04 bits per heavy atom. The molecule has 0 heterocycles. The van der Waals surface area contributed by atoms with Crippen molar-refractivity contribution in [1.82, 2.24) is 4.90 Å². The summed E-state index contributed by atoms with van der Waals surface area (Å²) < 4.78 is 0. The molecule has 2 aromatic carbocycles. The molecule has 0 unspecified atom stereocenters. The van der Waals surface area contributed by atoms with Crippen LogP contribution < -0.4 is 4.90 Å². The summed E-state index contributed by atoms with van der Waals surface area (Å²) in [4.78, 5) is 16.5. The lowest BCUT2D eigenvalue weighted by Gasteiger charge is -2.21. The molecule has 0 aliphatic carbocycles.